The molecule has 0 atom stereocenters. The van der Waals surface area contributed by atoms with Gasteiger partial charge in [-0.25, -0.2) is 4.98 Å². The van der Waals surface area contributed by atoms with Crippen LogP contribution in [0.4, 0.5) is 5.00 Å². The SMILES string of the molecule is CCSc1ccccc1C(=O)Nc1sc(SC)nc1-c1ccccc1. The Bertz CT molecular complexity index is 862. The van der Waals surface area contributed by atoms with Crippen LogP contribution in [0.5, 0.6) is 0 Å². The molecule has 1 aromatic heterocycles. The Morgan fingerprint density at radius 2 is 1.84 bits per heavy atom. The van der Waals surface area contributed by atoms with Gasteiger partial charge in [0, 0.05) is 10.5 Å². The molecule has 1 amide bonds. The van der Waals surface area contributed by atoms with Crippen molar-refractivity contribution in [2.45, 2.75) is 16.2 Å². The molecular weight excluding hydrogens is 368 g/mol. The fourth-order valence-corrected chi connectivity index (χ4v) is 4.65. The summed E-state index contributed by atoms with van der Waals surface area (Å²) in [5.41, 5.74) is 2.53. The molecule has 3 rings (SSSR count). The molecule has 0 saturated heterocycles. The summed E-state index contributed by atoms with van der Waals surface area (Å²) < 4.78 is 0.936. The highest BCUT2D eigenvalue weighted by molar-refractivity contribution is 8.00. The van der Waals surface area contributed by atoms with Gasteiger partial charge in [-0.2, -0.15) is 0 Å². The molecule has 0 unspecified atom stereocenters. The molecule has 25 heavy (non-hydrogen) atoms. The van der Waals surface area contributed by atoms with Gasteiger partial charge in [0.25, 0.3) is 5.91 Å². The molecule has 0 aliphatic heterocycles. The molecule has 6 heteroatoms. The molecule has 0 spiro atoms. The number of anilines is 1. The Morgan fingerprint density at radius 1 is 1.12 bits per heavy atom. The molecule has 1 N–H and O–H groups in total. The Balaban J connectivity index is 1.93. The van der Waals surface area contributed by atoms with Crippen LogP contribution in [0.25, 0.3) is 11.3 Å². The van der Waals surface area contributed by atoms with E-state index in [0.29, 0.717) is 5.56 Å². The van der Waals surface area contributed by atoms with E-state index in [1.54, 1.807) is 23.5 Å². The third-order valence-electron chi connectivity index (χ3n) is 3.49. The lowest BCUT2D eigenvalue weighted by Crippen LogP contribution is -2.12. The predicted octanol–water partition coefficient (Wildman–Crippen LogP) is 5.90. The van der Waals surface area contributed by atoms with E-state index in [4.69, 9.17) is 0 Å². The van der Waals surface area contributed by atoms with Crippen molar-refractivity contribution < 1.29 is 4.79 Å². The molecule has 3 aromatic rings. The van der Waals surface area contributed by atoms with Crippen LogP contribution in [0.3, 0.4) is 0 Å². The van der Waals surface area contributed by atoms with Crippen molar-refractivity contribution in [2.75, 3.05) is 17.3 Å². The summed E-state index contributed by atoms with van der Waals surface area (Å²) in [4.78, 5) is 18.5. The topological polar surface area (TPSA) is 42.0 Å². The van der Waals surface area contributed by atoms with E-state index in [0.717, 1.165) is 31.2 Å². The summed E-state index contributed by atoms with van der Waals surface area (Å²) in [6, 6.07) is 17.7. The zero-order valence-electron chi connectivity index (χ0n) is 14.0. The minimum Gasteiger partial charge on any atom is -0.312 e. The third kappa shape index (κ3) is 4.26. The second-order valence-electron chi connectivity index (χ2n) is 5.11. The van der Waals surface area contributed by atoms with E-state index in [-0.39, 0.29) is 5.91 Å². The average Bonchev–Trinajstić information content (AvgIpc) is 3.06. The van der Waals surface area contributed by atoms with Gasteiger partial charge in [0.05, 0.1) is 5.56 Å². The lowest BCUT2D eigenvalue weighted by molar-refractivity contribution is 0.102. The molecule has 0 aliphatic carbocycles. The van der Waals surface area contributed by atoms with Crippen LogP contribution in [-0.2, 0) is 0 Å². The largest absolute Gasteiger partial charge is 0.312 e. The van der Waals surface area contributed by atoms with Crippen molar-refractivity contribution in [1.29, 1.82) is 0 Å². The van der Waals surface area contributed by atoms with E-state index < -0.39 is 0 Å². The van der Waals surface area contributed by atoms with Gasteiger partial charge in [-0.1, -0.05) is 72.5 Å². The quantitative estimate of drug-likeness (QED) is 0.536. The molecule has 0 saturated carbocycles. The van der Waals surface area contributed by atoms with Crippen molar-refractivity contribution in [3.05, 3.63) is 60.2 Å². The van der Waals surface area contributed by atoms with Crippen LogP contribution in [0.2, 0.25) is 0 Å². The average molecular weight is 387 g/mol. The molecule has 0 aliphatic rings. The molecule has 1 heterocycles. The molecule has 3 nitrogen and oxygen atoms in total. The molecule has 0 fully saturated rings. The number of thiazole rings is 1. The standard InChI is InChI=1S/C19H18N2OS3/c1-3-24-15-12-8-7-11-14(15)17(22)21-18-16(20-19(23-2)25-18)13-9-5-4-6-10-13/h4-12H,3H2,1-2H3,(H,21,22). The van der Waals surface area contributed by atoms with E-state index in [2.05, 4.69) is 17.2 Å². The molecule has 0 radical (unpaired) electrons. The monoisotopic (exact) mass is 386 g/mol. The summed E-state index contributed by atoms with van der Waals surface area (Å²) in [7, 11) is 0. The van der Waals surface area contributed by atoms with Crippen LogP contribution in [0, 0.1) is 0 Å². The number of carbonyl (C=O) groups is 1. The van der Waals surface area contributed by atoms with Gasteiger partial charge in [-0.3, -0.25) is 4.79 Å². The van der Waals surface area contributed by atoms with Gasteiger partial charge in [0.15, 0.2) is 4.34 Å². The van der Waals surface area contributed by atoms with E-state index in [1.165, 1.54) is 11.3 Å². The van der Waals surface area contributed by atoms with Crippen molar-refractivity contribution in [2.24, 2.45) is 0 Å². The van der Waals surface area contributed by atoms with Gasteiger partial charge in [-0.15, -0.1) is 11.8 Å². The van der Waals surface area contributed by atoms with Gasteiger partial charge < -0.3 is 5.32 Å². The number of aromatic nitrogens is 1. The smallest absolute Gasteiger partial charge is 0.257 e. The van der Waals surface area contributed by atoms with Crippen molar-refractivity contribution in [1.82, 2.24) is 4.98 Å². The first-order valence-corrected chi connectivity index (χ1v) is 10.9. The Kier molecular flexibility index (Phi) is 6.18. The number of hydrogen-bond acceptors (Lipinski definition) is 5. The molecule has 2 aromatic carbocycles. The summed E-state index contributed by atoms with van der Waals surface area (Å²) in [6.07, 6.45) is 1.99. The fraction of sp³-hybridized carbons (Fsp3) is 0.158. The van der Waals surface area contributed by atoms with Crippen LogP contribution >= 0.6 is 34.9 Å². The van der Waals surface area contributed by atoms with Gasteiger partial charge >= 0.3 is 0 Å². The Hall–Kier alpha value is -1.76. The normalized spacial score (nSPS) is 10.6. The highest BCUT2D eigenvalue weighted by Crippen LogP contribution is 2.37. The van der Waals surface area contributed by atoms with Crippen molar-refractivity contribution in [3.8, 4) is 11.3 Å². The fourth-order valence-electron chi connectivity index (χ4n) is 2.37. The number of nitrogens with one attached hydrogen (secondary N) is 1. The predicted molar refractivity (Wildman–Crippen MR) is 110 cm³/mol. The van der Waals surface area contributed by atoms with Crippen LogP contribution < -0.4 is 5.32 Å². The maximum Gasteiger partial charge on any atom is 0.257 e. The second kappa shape index (κ2) is 8.56. The van der Waals surface area contributed by atoms with Crippen molar-refractivity contribution in [3.63, 3.8) is 0 Å². The summed E-state index contributed by atoms with van der Waals surface area (Å²) in [5.74, 6) is 0.835. The lowest BCUT2D eigenvalue weighted by Gasteiger charge is -2.09. The van der Waals surface area contributed by atoms with Crippen LogP contribution in [0.15, 0.2) is 63.8 Å². The molecule has 0 bridgehead atoms. The number of nitrogens with zero attached hydrogens (tertiary/aromatic N) is 1. The number of hydrogen-bond donors (Lipinski definition) is 1. The highest BCUT2D eigenvalue weighted by atomic mass is 32.2. The number of carbonyl (C=O) groups excluding carboxylic acids is 1. The summed E-state index contributed by atoms with van der Waals surface area (Å²) in [6.45, 7) is 2.08. The summed E-state index contributed by atoms with van der Waals surface area (Å²) >= 11 is 4.77. The van der Waals surface area contributed by atoms with Crippen molar-refractivity contribution >= 4 is 45.8 Å². The van der Waals surface area contributed by atoms with Crippen LogP contribution in [-0.4, -0.2) is 22.9 Å². The second-order valence-corrected chi connectivity index (χ2v) is 8.47. The molecule has 128 valence electrons. The number of amides is 1. The van der Waals surface area contributed by atoms with E-state index in [9.17, 15) is 4.79 Å². The first kappa shape index (κ1) is 18.0. The minimum absolute atomic E-state index is 0.0926. The third-order valence-corrected chi connectivity index (χ3v) is 6.40. The minimum atomic E-state index is -0.0926. The van der Waals surface area contributed by atoms with E-state index >= 15 is 0 Å². The van der Waals surface area contributed by atoms with Crippen LogP contribution in [0.1, 0.15) is 17.3 Å². The Morgan fingerprint density at radius 3 is 2.56 bits per heavy atom. The van der Waals surface area contributed by atoms with Gasteiger partial charge in [-0.05, 0) is 24.1 Å². The number of benzene rings is 2. The van der Waals surface area contributed by atoms with E-state index in [1.807, 2.05) is 60.9 Å². The summed E-state index contributed by atoms with van der Waals surface area (Å²) in [5, 5.41) is 3.86. The van der Waals surface area contributed by atoms with Gasteiger partial charge in [0.2, 0.25) is 0 Å². The maximum absolute atomic E-state index is 12.8. The highest BCUT2D eigenvalue weighted by Gasteiger charge is 2.17. The first-order chi connectivity index (χ1) is 12.2. The Labute approximate surface area is 160 Å². The zero-order valence-corrected chi connectivity index (χ0v) is 16.4. The number of rotatable bonds is 6. The molecular formula is C19H18N2OS3. The first-order valence-electron chi connectivity index (χ1n) is 7.86. The maximum atomic E-state index is 12.8. The van der Waals surface area contributed by atoms with Gasteiger partial charge in [0.1, 0.15) is 10.7 Å². The lowest BCUT2D eigenvalue weighted by atomic mass is 10.1. The zero-order chi connectivity index (χ0) is 17.6. The number of thioether (sulfide) groups is 2.